The van der Waals surface area contributed by atoms with Crippen molar-refractivity contribution in [2.45, 2.75) is 16.3 Å². The Morgan fingerprint density at radius 1 is 0.800 bits per heavy atom. The minimum Gasteiger partial charge on any atom is -0.497 e. The SMILES string of the molecule is COc1ccc(/C=C(\NC(=O)c2ccccc2)C(=O)Nc2ccc(SC(C(=O)Nc3ccc(Cl)cc3C(F)(F)F)c3ccccc3)cc2)cc1. The summed E-state index contributed by atoms with van der Waals surface area (Å²) < 4.78 is 46.4. The average Bonchev–Trinajstić information content (AvgIpc) is 3.12. The largest absolute Gasteiger partial charge is 0.497 e. The van der Waals surface area contributed by atoms with E-state index in [9.17, 15) is 27.6 Å². The van der Waals surface area contributed by atoms with E-state index in [2.05, 4.69) is 16.0 Å². The van der Waals surface area contributed by atoms with Gasteiger partial charge in [0.2, 0.25) is 5.91 Å². The highest BCUT2D eigenvalue weighted by atomic mass is 35.5. The first kappa shape index (κ1) is 35.8. The number of ether oxygens (including phenoxy) is 1. The number of thioether (sulfide) groups is 1. The monoisotopic (exact) mass is 715 g/mol. The lowest BCUT2D eigenvalue weighted by Gasteiger charge is -2.20. The molecule has 7 nitrogen and oxygen atoms in total. The molecule has 0 aliphatic rings. The molecule has 0 radical (unpaired) electrons. The van der Waals surface area contributed by atoms with Gasteiger partial charge in [0.15, 0.2) is 0 Å². The van der Waals surface area contributed by atoms with Crippen molar-refractivity contribution in [2.24, 2.45) is 0 Å². The van der Waals surface area contributed by atoms with Crippen LogP contribution in [0.3, 0.4) is 0 Å². The van der Waals surface area contributed by atoms with Crippen molar-refractivity contribution in [1.29, 1.82) is 0 Å². The van der Waals surface area contributed by atoms with E-state index in [1.165, 1.54) is 12.1 Å². The lowest BCUT2D eigenvalue weighted by molar-refractivity contribution is -0.137. The summed E-state index contributed by atoms with van der Waals surface area (Å²) in [6.07, 6.45) is -3.20. The molecule has 12 heteroatoms. The second-order valence-electron chi connectivity index (χ2n) is 10.7. The Hall–Kier alpha value is -5.52. The molecular weight excluding hydrogens is 687 g/mol. The van der Waals surface area contributed by atoms with Crippen LogP contribution in [0.2, 0.25) is 5.02 Å². The van der Waals surface area contributed by atoms with E-state index >= 15 is 0 Å². The first-order valence-corrected chi connectivity index (χ1v) is 16.3. The van der Waals surface area contributed by atoms with Gasteiger partial charge in [-0.25, -0.2) is 0 Å². The Morgan fingerprint density at radius 3 is 2.06 bits per heavy atom. The van der Waals surface area contributed by atoms with E-state index in [1.807, 2.05) is 0 Å². The normalized spacial score (nSPS) is 12.1. The van der Waals surface area contributed by atoms with Crippen molar-refractivity contribution in [3.8, 4) is 5.75 Å². The van der Waals surface area contributed by atoms with Gasteiger partial charge in [-0.3, -0.25) is 14.4 Å². The van der Waals surface area contributed by atoms with Gasteiger partial charge in [-0.05, 0) is 83.9 Å². The first-order valence-electron chi connectivity index (χ1n) is 15.0. The summed E-state index contributed by atoms with van der Waals surface area (Å²) >= 11 is 6.93. The van der Waals surface area contributed by atoms with Gasteiger partial charge >= 0.3 is 6.18 Å². The maximum Gasteiger partial charge on any atom is 0.418 e. The molecule has 5 aromatic rings. The number of carbonyl (C=O) groups is 3. The fraction of sp³-hybridized carbons (Fsp3) is 0.0789. The third-order valence-electron chi connectivity index (χ3n) is 7.21. The fourth-order valence-electron chi connectivity index (χ4n) is 4.72. The van der Waals surface area contributed by atoms with Gasteiger partial charge in [0.25, 0.3) is 11.8 Å². The van der Waals surface area contributed by atoms with E-state index in [-0.39, 0.29) is 10.7 Å². The van der Waals surface area contributed by atoms with Crippen LogP contribution in [0.25, 0.3) is 6.08 Å². The van der Waals surface area contributed by atoms with Gasteiger partial charge in [0.1, 0.15) is 16.7 Å². The zero-order chi connectivity index (χ0) is 35.7. The number of anilines is 2. The van der Waals surface area contributed by atoms with Crippen LogP contribution in [0.5, 0.6) is 5.75 Å². The highest BCUT2D eigenvalue weighted by molar-refractivity contribution is 8.00. The fourth-order valence-corrected chi connectivity index (χ4v) is 5.92. The van der Waals surface area contributed by atoms with Crippen LogP contribution in [0, 0.1) is 0 Å². The van der Waals surface area contributed by atoms with Crippen LogP contribution in [-0.4, -0.2) is 24.8 Å². The molecule has 3 amide bonds. The van der Waals surface area contributed by atoms with Crippen molar-refractivity contribution in [3.63, 3.8) is 0 Å². The number of nitrogens with one attached hydrogen (secondary N) is 3. The Bertz CT molecular complexity index is 1990. The lowest BCUT2D eigenvalue weighted by atomic mass is 10.1. The molecule has 1 atom stereocenters. The third kappa shape index (κ3) is 9.55. The number of halogens is 4. The van der Waals surface area contributed by atoms with Crippen LogP contribution in [0.15, 0.2) is 138 Å². The zero-order valence-corrected chi connectivity index (χ0v) is 27.9. The van der Waals surface area contributed by atoms with E-state index in [0.717, 1.165) is 23.9 Å². The van der Waals surface area contributed by atoms with Crippen molar-refractivity contribution in [3.05, 3.63) is 160 Å². The van der Waals surface area contributed by atoms with Crippen molar-refractivity contribution in [2.75, 3.05) is 17.7 Å². The molecule has 5 aromatic carbocycles. The molecule has 50 heavy (non-hydrogen) atoms. The Morgan fingerprint density at radius 2 is 1.44 bits per heavy atom. The predicted octanol–water partition coefficient (Wildman–Crippen LogP) is 9.25. The number of methoxy groups -OCH3 is 1. The quantitative estimate of drug-likeness (QED) is 0.0936. The number of hydrogen-bond acceptors (Lipinski definition) is 5. The molecule has 3 N–H and O–H groups in total. The van der Waals surface area contributed by atoms with E-state index in [1.54, 1.807) is 116 Å². The Kier molecular flexibility index (Phi) is 11.6. The Labute approximate surface area is 295 Å². The van der Waals surface area contributed by atoms with Crippen LogP contribution in [0.4, 0.5) is 24.5 Å². The van der Waals surface area contributed by atoms with E-state index in [0.29, 0.717) is 33.0 Å². The standard InChI is InChI=1S/C38H29ClF3N3O4S/c1-49-29-17-12-24(13-18-29)22-33(45-35(46)26-10-6-3-7-11-26)36(47)43-28-15-19-30(20-16-28)50-34(25-8-4-2-5-9-25)37(48)44-32-21-14-27(39)23-31(32)38(40,41)42/h2-23,34H,1H3,(H,43,47)(H,44,48)(H,45,46)/b33-22-. The van der Waals surface area contributed by atoms with Gasteiger partial charge < -0.3 is 20.7 Å². The minimum atomic E-state index is -4.74. The minimum absolute atomic E-state index is 0.0105. The van der Waals surface area contributed by atoms with E-state index in [4.69, 9.17) is 16.3 Å². The second-order valence-corrected chi connectivity index (χ2v) is 12.3. The molecule has 0 aliphatic heterocycles. The van der Waals surface area contributed by atoms with Crippen LogP contribution < -0.4 is 20.7 Å². The number of hydrogen-bond donors (Lipinski definition) is 3. The van der Waals surface area contributed by atoms with Gasteiger partial charge in [-0.1, -0.05) is 72.3 Å². The molecule has 254 valence electrons. The molecule has 0 aliphatic carbocycles. The van der Waals surface area contributed by atoms with Crippen molar-refractivity contribution in [1.82, 2.24) is 5.32 Å². The number of benzene rings is 5. The van der Waals surface area contributed by atoms with E-state index < -0.39 is 40.4 Å². The van der Waals surface area contributed by atoms with Gasteiger partial charge in [0, 0.05) is 21.2 Å². The number of rotatable bonds is 11. The first-order chi connectivity index (χ1) is 24.0. The molecule has 5 rings (SSSR count). The predicted molar refractivity (Wildman–Crippen MR) is 190 cm³/mol. The maximum absolute atomic E-state index is 13.7. The molecule has 1 unspecified atom stereocenters. The molecular formula is C38H29ClF3N3O4S. The molecule has 0 saturated carbocycles. The second kappa shape index (κ2) is 16.3. The van der Waals surface area contributed by atoms with Gasteiger partial charge in [-0.15, -0.1) is 11.8 Å². The lowest BCUT2D eigenvalue weighted by Crippen LogP contribution is -2.30. The molecule has 0 fully saturated rings. The zero-order valence-electron chi connectivity index (χ0n) is 26.3. The maximum atomic E-state index is 13.7. The summed E-state index contributed by atoms with van der Waals surface area (Å²) in [6, 6.07) is 33.7. The third-order valence-corrected chi connectivity index (χ3v) is 8.71. The van der Waals surface area contributed by atoms with Gasteiger partial charge in [0.05, 0.1) is 18.4 Å². The average molecular weight is 716 g/mol. The molecule has 0 saturated heterocycles. The Balaban J connectivity index is 1.35. The van der Waals surface area contributed by atoms with Crippen molar-refractivity contribution >= 4 is 58.5 Å². The summed E-state index contributed by atoms with van der Waals surface area (Å²) in [6.45, 7) is 0. The molecule has 0 spiro atoms. The number of alkyl halides is 3. The molecule has 0 heterocycles. The van der Waals surface area contributed by atoms with Crippen LogP contribution in [-0.2, 0) is 15.8 Å². The van der Waals surface area contributed by atoms with Crippen molar-refractivity contribution < 1.29 is 32.3 Å². The van der Waals surface area contributed by atoms with Crippen LogP contribution >= 0.6 is 23.4 Å². The number of amides is 3. The topological polar surface area (TPSA) is 96.5 Å². The highest BCUT2D eigenvalue weighted by Crippen LogP contribution is 2.40. The molecule has 0 bridgehead atoms. The number of carbonyl (C=O) groups excluding carboxylic acids is 3. The highest BCUT2D eigenvalue weighted by Gasteiger charge is 2.35. The molecule has 0 aromatic heterocycles. The summed E-state index contributed by atoms with van der Waals surface area (Å²) in [5.74, 6) is -1.11. The van der Waals surface area contributed by atoms with Gasteiger partial charge in [-0.2, -0.15) is 13.2 Å². The summed E-state index contributed by atoms with van der Waals surface area (Å²) in [5, 5.41) is 6.85. The van der Waals surface area contributed by atoms with Crippen LogP contribution in [0.1, 0.15) is 32.3 Å². The summed E-state index contributed by atoms with van der Waals surface area (Å²) in [7, 11) is 1.54. The smallest absolute Gasteiger partial charge is 0.418 e. The summed E-state index contributed by atoms with van der Waals surface area (Å²) in [5.41, 5.74) is 0.485. The summed E-state index contributed by atoms with van der Waals surface area (Å²) in [4.78, 5) is 40.6.